The SMILES string of the molecule is Cc1ccc(-c2nonc2NC(=O)CN)cc1. The zero-order valence-corrected chi connectivity index (χ0v) is 9.30. The summed E-state index contributed by atoms with van der Waals surface area (Å²) in [5.74, 6) is -0.0571. The van der Waals surface area contributed by atoms with Gasteiger partial charge in [-0.25, -0.2) is 4.63 Å². The first kappa shape index (κ1) is 11.3. The van der Waals surface area contributed by atoms with E-state index in [-0.39, 0.29) is 18.3 Å². The lowest BCUT2D eigenvalue weighted by atomic mass is 10.1. The summed E-state index contributed by atoms with van der Waals surface area (Å²) in [6, 6.07) is 7.65. The molecule has 0 unspecified atom stereocenters. The first-order chi connectivity index (χ1) is 8.20. The van der Waals surface area contributed by atoms with Crippen molar-refractivity contribution in [2.24, 2.45) is 5.73 Å². The summed E-state index contributed by atoms with van der Waals surface area (Å²) < 4.78 is 4.62. The molecule has 0 aliphatic carbocycles. The summed E-state index contributed by atoms with van der Waals surface area (Å²) in [7, 11) is 0. The molecular formula is C11H12N4O2. The molecule has 6 heteroatoms. The van der Waals surface area contributed by atoms with Crippen molar-refractivity contribution in [3.8, 4) is 11.3 Å². The van der Waals surface area contributed by atoms with E-state index in [0.717, 1.165) is 11.1 Å². The minimum atomic E-state index is -0.339. The Morgan fingerprint density at radius 2 is 2.06 bits per heavy atom. The molecule has 1 aromatic heterocycles. The van der Waals surface area contributed by atoms with Gasteiger partial charge >= 0.3 is 0 Å². The average Bonchev–Trinajstić information content (AvgIpc) is 2.78. The molecule has 6 nitrogen and oxygen atoms in total. The summed E-state index contributed by atoms with van der Waals surface area (Å²) in [6.07, 6.45) is 0. The molecule has 1 amide bonds. The molecule has 0 saturated heterocycles. The molecule has 1 aromatic carbocycles. The van der Waals surface area contributed by atoms with Crippen LogP contribution in [0.25, 0.3) is 11.3 Å². The van der Waals surface area contributed by atoms with Crippen LogP contribution in [-0.2, 0) is 4.79 Å². The maximum atomic E-state index is 11.2. The van der Waals surface area contributed by atoms with E-state index in [2.05, 4.69) is 20.3 Å². The Bertz CT molecular complexity index is 519. The van der Waals surface area contributed by atoms with Gasteiger partial charge < -0.3 is 11.1 Å². The average molecular weight is 232 g/mol. The number of hydrogen-bond acceptors (Lipinski definition) is 5. The quantitative estimate of drug-likeness (QED) is 0.821. The molecule has 88 valence electrons. The maximum Gasteiger partial charge on any atom is 0.239 e. The standard InChI is InChI=1S/C11H12N4O2/c1-7-2-4-8(5-3-7)10-11(15-17-14-10)13-9(16)6-12/h2-5H,6,12H2,1H3,(H,13,15,16). The monoisotopic (exact) mass is 232 g/mol. The summed E-state index contributed by atoms with van der Waals surface area (Å²) in [6.45, 7) is 1.88. The number of aromatic nitrogens is 2. The summed E-state index contributed by atoms with van der Waals surface area (Å²) in [5.41, 5.74) is 7.66. The van der Waals surface area contributed by atoms with E-state index in [0.29, 0.717) is 5.69 Å². The van der Waals surface area contributed by atoms with Gasteiger partial charge in [-0.1, -0.05) is 29.8 Å². The van der Waals surface area contributed by atoms with Crippen LogP contribution in [0, 0.1) is 6.92 Å². The minimum absolute atomic E-state index is 0.111. The number of benzene rings is 1. The molecule has 0 spiro atoms. The van der Waals surface area contributed by atoms with Crippen molar-refractivity contribution in [3.05, 3.63) is 29.8 Å². The van der Waals surface area contributed by atoms with Gasteiger partial charge in [-0.05, 0) is 17.2 Å². The van der Waals surface area contributed by atoms with Gasteiger partial charge in [0.1, 0.15) is 0 Å². The second-order valence-electron chi connectivity index (χ2n) is 3.58. The van der Waals surface area contributed by atoms with E-state index in [9.17, 15) is 4.79 Å². The highest BCUT2D eigenvalue weighted by molar-refractivity contribution is 5.94. The summed E-state index contributed by atoms with van der Waals surface area (Å²) in [4.78, 5) is 11.2. The van der Waals surface area contributed by atoms with Gasteiger partial charge in [0.2, 0.25) is 11.7 Å². The van der Waals surface area contributed by atoms with Crippen molar-refractivity contribution in [2.75, 3.05) is 11.9 Å². The number of rotatable bonds is 3. The predicted molar refractivity (Wildman–Crippen MR) is 62.2 cm³/mol. The van der Waals surface area contributed by atoms with E-state index in [1.165, 1.54) is 0 Å². The molecule has 0 aliphatic rings. The van der Waals surface area contributed by atoms with Crippen LogP contribution in [0.2, 0.25) is 0 Å². The van der Waals surface area contributed by atoms with E-state index in [4.69, 9.17) is 5.73 Å². The number of amides is 1. The largest absolute Gasteiger partial charge is 0.322 e. The highest BCUT2D eigenvalue weighted by atomic mass is 16.6. The lowest BCUT2D eigenvalue weighted by Gasteiger charge is -2.01. The lowest BCUT2D eigenvalue weighted by molar-refractivity contribution is -0.114. The molecule has 0 saturated carbocycles. The molecule has 2 rings (SSSR count). The van der Waals surface area contributed by atoms with Gasteiger partial charge in [0.25, 0.3) is 0 Å². The number of nitrogens with one attached hydrogen (secondary N) is 1. The minimum Gasteiger partial charge on any atom is -0.322 e. The Balaban J connectivity index is 2.30. The van der Waals surface area contributed by atoms with Crippen LogP contribution in [0.15, 0.2) is 28.9 Å². The number of anilines is 1. The molecule has 0 aliphatic heterocycles. The van der Waals surface area contributed by atoms with Crippen molar-refractivity contribution in [1.29, 1.82) is 0 Å². The van der Waals surface area contributed by atoms with Crippen LogP contribution in [0.5, 0.6) is 0 Å². The molecule has 1 heterocycles. The number of carbonyl (C=O) groups excluding carboxylic acids is 1. The van der Waals surface area contributed by atoms with Crippen molar-refractivity contribution in [1.82, 2.24) is 10.3 Å². The van der Waals surface area contributed by atoms with E-state index < -0.39 is 0 Å². The van der Waals surface area contributed by atoms with Gasteiger partial charge in [-0.3, -0.25) is 4.79 Å². The van der Waals surface area contributed by atoms with Crippen LogP contribution in [0.4, 0.5) is 5.82 Å². The Morgan fingerprint density at radius 1 is 1.35 bits per heavy atom. The highest BCUT2D eigenvalue weighted by Gasteiger charge is 2.13. The third-order valence-electron chi connectivity index (χ3n) is 2.26. The van der Waals surface area contributed by atoms with Crippen LogP contribution in [0.1, 0.15) is 5.56 Å². The Kier molecular flexibility index (Phi) is 3.15. The number of nitrogens with zero attached hydrogens (tertiary/aromatic N) is 2. The van der Waals surface area contributed by atoms with Gasteiger partial charge in [0, 0.05) is 5.56 Å². The van der Waals surface area contributed by atoms with E-state index in [1.807, 2.05) is 31.2 Å². The zero-order valence-electron chi connectivity index (χ0n) is 9.30. The summed E-state index contributed by atoms with van der Waals surface area (Å²) in [5, 5.41) is 9.91. The smallest absolute Gasteiger partial charge is 0.239 e. The lowest BCUT2D eigenvalue weighted by Crippen LogP contribution is -2.22. The van der Waals surface area contributed by atoms with E-state index >= 15 is 0 Å². The number of aryl methyl sites for hydroxylation is 1. The Labute approximate surface area is 97.8 Å². The van der Waals surface area contributed by atoms with Crippen molar-refractivity contribution in [3.63, 3.8) is 0 Å². The van der Waals surface area contributed by atoms with Crippen molar-refractivity contribution >= 4 is 11.7 Å². The van der Waals surface area contributed by atoms with Crippen LogP contribution in [-0.4, -0.2) is 22.8 Å². The fourth-order valence-electron chi connectivity index (χ4n) is 1.35. The molecule has 2 aromatic rings. The number of carbonyl (C=O) groups is 1. The zero-order chi connectivity index (χ0) is 12.3. The topological polar surface area (TPSA) is 94.0 Å². The first-order valence-electron chi connectivity index (χ1n) is 5.10. The molecule has 0 bridgehead atoms. The first-order valence-corrected chi connectivity index (χ1v) is 5.10. The normalized spacial score (nSPS) is 10.2. The fourth-order valence-corrected chi connectivity index (χ4v) is 1.35. The highest BCUT2D eigenvalue weighted by Crippen LogP contribution is 2.24. The Morgan fingerprint density at radius 3 is 2.71 bits per heavy atom. The fraction of sp³-hybridized carbons (Fsp3) is 0.182. The maximum absolute atomic E-state index is 11.2. The second-order valence-corrected chi connectivity index (χ2v) is 3.58. The van der Waals surface area contributed by atoms with Gasteiger partial charge in [-0.2, -0.15) is 0 Å². The summed E-state index contributed by atoms with van der Waals surface area (Å²) >= 11 is 0. The molecule has 0 radical (unpaired) electrons. The number of hydrogen-bond donors (Lipinski definition) is 2. The second kappa shape index (κ2) is 4.75. The van der Waals surface area contributed by atoms with Crippen molar-refractivity contribution in [2.45, 2.75) is 6.92 Å². The van der Waals surface area contributed by atoms with Crippen LogP contribution in [0.3, 0.4) is 0 Å². The molecule has 3 N–H and O–H groups in total. The molecule has 17 heavy (non-hydrogen) atoms. The van der Waals surface area contributed by atoms with Crippen LogP contribution >= 0.6 is 0 Å². The van der Waals surface area contributed by atoms with E-state index in [1.54, 1.807) is 0 Å². The predicted octanol–water partition coefficient (Wildman–Crippen LogP) is 0.942. The Hall–Kier alpha value is -2.21. The number of nitrogens with two attached hydrogens (primary N) is 1. The van der Waals surface area contributed by atoms with Crippen LogP contribution < -0.4 is 11.1 Å². The third kappa shape index (κ3) is 2.48. The molecular weight excluding hydrogens is 220 g/mol. The van der Waals surface area contributed by atoms with Gasteiger partial charge in [0.05, 0.1) is 6.54 Å². The molecule has 0 atom stereocenters. The van der Waals surface area contributed by atoms with Gasteiger partial charge in [0.15, 0.2) is 5.69 Å². The van der Waals surface area contributed by atoms with Crippen molar-refractivity contribution < 1.29 is 9.42 Å². The third-order valence-corrected chi connectivity index (χ3v) is 2.26. The van der Waals surface area contributed by atoms with Gasteiger partial charge in [-0.15, -0.1) is 0 Å². The molecule has 0 fully saturated rings.